The number of esters is 2. The van der Waals surface area contributed by atoms with Crippen LogP contribution in [0.15, 0.2) is 24.5 Å². The molecule has 8 heteroatoms. The van der Waals surface area contributed by atoms with E-state index in [1.54, 1.807) is 12.1 Å². The molecule has 0 unspecified atom stereocenters. The smallest absolute Gasteiger partial charge is 0.341 e. The summed E-state index contributed by atoms with van der Waals surface area (Å²) < 4.78 is 9.85. The summed E-state index contributed by atoms with van der Waals surface area (Å²) in [6.07, 6.45) is 6.64. The highest BCUT2D eigenvalue weighted by Gasteiger charge is 2.27. The predicted molar refractivity (Wildman–Crippen MR) is 95.4 cm³/mol. The Balaban J connectivity index is 1.68. The molecule has 0 spiro atoms. The molecule has 0 saturated carbocycles. The van der Waals surface area contributed by atoms with E-state index < -0.39 is 24.5 Å². The second-order valence-corrected chi connectivity index (χ2v) is 6.88. The number of fused-ring (bicyclic) bond motifs is 1. The quantitative estimate of drug-likeness (QED) is 0.809. The van der Waals surface area contributed by atoms with Crippen molar-refractivity contribution in [2.24, 2.45) is 0 Å². The number of methoxy groups -OCH3 is 1. The van der Waals surface area contributed by atoms with Crippen LogP contribution in [0.2, 0.25) is 0 Å². The number of pyridine rings is 1. The lowest BCUT2D eigenvalue weighted by atomic mass is 9.95. The Labute approximate surface area is 154 Å². The normalized spacial score (nSPS) is 12.8. The Morgan fingerprint density at radius 3 is 2.77 bits per heavy atom. The molecule has 2 aromatic heterocycles. The van der Waals surface area contributed by atoms with Crippen LogP contribution < -0.4 is 5.32 Å². The Hall–Kier alpha value is -2.74. The molecule has 0 saturated heterocycles. The van der Waals surface area contributed by atoms with Gasteiger partial charge in [0.05, 0.1) is 18.2 Å². The standard InChI is InChI=1S/C18H18N2O5S/c1-24-18(23)15-12-6-2-3-7-13(12)26-16(15)20-14(21)10-25-17(22)11-5-4-8-19-9-11/h4-5,8-9H,2-3,6-7,10H2,1H3,(H,20,21). The summed E-state index contributed by atoms with van der Waals surface area (Å²) in [6, 6.07) is 3.16. The van der Waals surface area contributed by atoms with Gasteiger partial charge in [-0.1, -0.05) is 0 Å². The van der Waals surface area contributed by atoms with Crippen LogP contribution in [0.5, 0.6) is 0 Å². The van der Waals surface area contributed by atoms with Gasteiger partial charge in [-0.05, 0) is 43.4 Å². The van der Waals surface area contributed by atoms with Crippen LogP contribution in [-0.2, 0) is 27.1 Å². The first-order valence-corrected chi connectivity index (χ1v) is 9.01. The molecule has 2 heterocycles. The van der Waals surface area contributed by atoms with Crippen molar-refractivity contribution in [3.05, 3.63) is 46.1 Å². The third-order valence-corrected chi connectivity index (χ3v) is 5.25. The average Bonchev–Trinajstić information content (AvgIpc) is 3.03. The Morgan fingerprint density at radius 2 is 2.04 bits per heavy atom. The molecule has 0 aromatic carbocycles. The van der Waals surface area contributed by atoms with Gasteiger partial charge in [0.15, 0.2) is 6.61 Å². The molecule has 136 valence electrons. The van der Waals surface area contributed by atoms with Gasteiger partial charge in [-0.25, -0.2) is 9.59 Å². The number of rotatable bonds is 5. The van der Waals surface area contributed by atoms with Gasteiger partial charge in [-0.3, -0.25) is 9.78 Å². The number of aromatic nitrogens is 1. The second-order valence-electron chi connectivity index (χ2n) is 5.77. The van der Waals surface area contributed by atoms with Gasteiger partial charge in [0.2, 0.25) is 0 Å². The molecule has 1 aliphatic rings. The van der Waals surface area contributed by atoms with Gasteiger partial charge in [0, 0.05) is 17.3 Å². The molecule has 0 bridgehead atoms. The van der Waals surface area contributed by atoms with Crippen molar-refractivity contribution in [3.63, 3.8) is 0 Å². The van der Waals surface area contributed by atoms with Crippen molar-refractivity contribution in [3.8, 4) is 0 Å². The Kier molecular flexibility index (Phi) is 5.62. The molecular weight excluding hydrogens is 356 g/mol. The maximum Gasteiger partial charge on any atom is 0.341 e. The molecule has 1 aliphatic carbocycles. The number of amides is 1. The maximum absolute atomic E-state index is 12.2. The highest BCUT2D eigenvalue weighted by molar-refractivity contribution is 7.17. The Morgan fingerprint density at radius 1 is 1.23 bits per heavy atom. The van der Waals surface area contributed by atoms with Crippen molar-refractivity contribution >= 4 is 34.2 Å². The number of carbonyl (C=O) groups is 3. The molecule has 0 atom stereocenters. The van der Waals surface area contributed by atoms with Gasteiger partial charge < -0.3 is 14.8 Å². The largest absolute Gasteiger partial charge is 0.465 e. The zero-order chi connectivity index (χ0) is 18.5. The highest BCUT2D eigenvalue weighted by Crippen LogP contribution is 2.38. The first-order valence-electron chi connectivity index (χ1n) is 8.20. The summed E-state index contributed by atoms with van der Waals surface area (Å²) >= 11 is 1.38. The number of ether oxygens (including phenoxy) is 2. The summed E-state index contributed by atoms with van der Waals surface area (Å²) in [5, 5.41) is 3.13. The molecular formula is C18H18N2O5S. The minimum atomic E-state index is -0.632. The number of hydrogen-bond acceptors (Lipinski definition) is 7. The van der Waals surface area contributed by atoms with Gasteiger partial charge in [-0.2, -0.15) is 0 Å². The highest BCUT2D eigenvalue weighted by atomic mass is 32.1. The maximum atomic E-state index is 12.2. The molecule has 3 rings (SSSR count). The SMILES string of the molecule is COC(=O)c1c(NC(=O)COC(=O)c2cccnc2)sc2c1CCCC2. The first kappa shape index (κ1) is 18.1. The minimum Gasteiger partial charge on any atom is -0.465 e. The van der Waals surface area contributed by atoms with E-state index >= 15 is 0 Å². The third-order valence-electron chi connectivity index (χ3n) is 4.05. The van der Waals surface area contributed by atoms with Gasteiger partial charge in [0.25, 0.3) is 5.91 Å². The van der Waals surface area contributed by atoms with Crippen molar-refractivity contribution in [2.75, 3.05) is 19.0 Å². The van der Waals surface area contributed by atoms with Crippen molar-refractivity contribution < 1.29 is 23.9 Å². The van der Waals surface area contributed by atoms with E-state index in [1.165, 1.54) is 30.8 Å². The fraction of sp³-hybridized carbons (Fsp3) is 0.333. The van der Waals surface area contributed by atoms with Crippen LogP contribution in [0, 0.1) is 0 Å². The van der Waals surface area contributed by atoms with Crippen LogP contribution in [-0.4, -0.2) is 36.5 Å². The third kappa shape index (κ3) is 3.91. The van der Waals surface area contributed by atoms with E-state index in [-0.39, 0.29) is 5.56 Å². The molecule has 1 N–H and O–H groups in total. The summed E-state index contributed by atoms with van der Waals surface area (Å²) in [5.74, 6) is -1.61. The summed E-state index contributed by atoms with van der Waals surface area (Å²) in [7, 11) is 1.32. The topological polar surface area (TPSA) is 94.6 Å². The number of anilines is 1. The molecule has 7 nitrogen and oxygen atoms in total. The first-order chi connectivity index (χ1) is 12.6. The number of carbonyl (C=O) groups excluding carboxylic acids is 3. The van der Waals surface area contributed by atoms with Gasteiger partial charge >= 0.3 is 11.9 Å². The number of nitrogens with zero attached hydrogens (tertiary/aromatic N) is 1. The molecule has 0 radical (unpaired) electrons. The zero-order valence-corrected chi connectivity index (χ0v) is 15.1. The second kappa shape index (κ2) is 8.09. The van der Waals surface area contributed by atoms with Crippen molar-refractivity contribution in [2.45, 2.75) is 25.7 Å². The van der Waals surface area contributed by atoms with E-state index in [0.717, 1.165) is 36.1 Å². The lowest BCUT2D eigenvalue weighted by molar-refractivity contribution is -0.119. The van der Waals surface area contributed by atoms with E-state index in [9.17, 15) is 14.4 Å². The van der Waals surface area contributed by atoms with Crippen LogP contribution in [0.3, 0.4) is 0 Å². The predicted octanol–water partition coefficient (Wildman–Crippen LogP) is 2.60. The number of thiophene rings is 1. The van der Waals surface area contributed by atoms with Crippen LogP contribution in [0.25, 0.3) is 0 Å². The van der Waals surface area contributed by atoms with Crippen LogP contribution in [0.4, 0.5) is 5.00 Å². The zero-order valence-electron chi connectivity index (χ0n) is 14.2. The number of aryl methyl sites for hydroxylation is 1. The number of hydrogen-bond donors (Lipinski definition) is 1. The van der Waals surface area contributed by atoms with E-state index in [1.807, 2.05) is 0 Å². The van der Waals surface area contributed by atoms with E-state index in [0.29, 0.717) is 10.6 Å². The fourth-order valence-electron chi connectivity index (χ4n) is 2.83. The minimum absolute atomic E-state index is 0.266. The number of nitrogens with one attached hydrogen (secondary N) is 1. The average molecular weight is 374 g/mol. The molecule has 1 amide bonds. The van der Waals surface area contributed by atoms with E-state index in [2.05, 4.69) is 10.3 Å². The van der Waals surface area contributed by atoms with Crippen molar-refractivity contribution in [1.82, 2.24) is 4.98 Å². The van der Waals surface area contributed by atoms with Crippen LogP contribution >= 0.6 is 11.3 Å². The summed E-state index contributed by atoms with van der Waals surface area (Å²) in [5.41, 5.74) is 1.64. The Bertz CT molecular complexity index is 832. The fourth-order valence-corrected chi connectivity index (χ4v) is 4.13. The molecule has 2 aromatic rings. The van der Waals surface area contributed by atoms with Crippen LogP contribution in [0.1, 0.15) is 44.0 Å². The van der Waals surface area contributed by atoms with Crippen molar-refractivity contribution in [1.29, 1.82) is 0 Å². The molecule has 0 fully saturated rings. The summed E-state index contributed by atoms with van der Waals surface area (Å²) in [6.45, 7) is -0.448. The lowest BCUT2D eigenvalue weighted by Crippen LogP contribution is -2.21. The molecule has 0 aliphatic heterocycles. The monoisotopic (exact) mass is 374 g/mol. The molecule has 26 heavy (non-hydrogen) atoms. The van der Waals surface area contributed by atoms with E-state index in [4.69, 9.17) is 9.47 Å². The lowest BCUT2D eigenvalue weighted by Gasteiger charge is -2.11. The summed E-state index contributed by atoms with van der Waals surface area (Å²) in [4.78, 5) is 41.1. The van der Waals surface area contributed by atoms with Gasteiger partial charge in [-0.15, -0.1) is 11.3 Å². The van der Waals surface area contributed by atoms with Gasteiger partial charge in [0.1, 0.15) is 5.00 Å².